The SMILES string of the molecule is COc1ccc(Cc2[nH][nH]c(=O)c2[C@@H](CC(N)=O)c2ccc(OC)c3ccccc23)cc1. The van der Waals surface area contributed by atoms with Gasteiger partial charge in [-0.2, -0.15) is 0 Å². The Morgan fingerprint density at radius 1 is 0.938 bits per heavy atom. The Balaban J connectivity index is 1.84. The molecular formula is C25H25N3O4. The molecule has 0 spiro atoms. The average Bonchev–Trinajstić information content (AvgIpc) is 3.16. The van der Waals surface area contributed by atoms with E-state index < -0.39 is 11.8 Å². The molecule has 0 unspecified atom stereocenters. The first-order valence-electron chi connectivity index (χ1n) is 10.3. The molecule has 7 heteroatoms. The van der Waals surface area contributed by atoms with Gasteiger partial charge in [0.1, 0.15) is 11.5 Å². The number of aromatic amines is 2. The number of aromatic nitrogens is 2. The second-order valence-corrected chi connectivity index (χ2v) is 7.62. The van der Waals surface area contributed by atoms with E-state index in [4.69, 9.17) is 15.2 Å². The summed E-state index contributed by atoms with van der Waals surface area (Å²) < 4.78 is 10.7. The molecule has 0 radical (unpaired) electrons. The zero-order chi connectivity index (χ0) is 22.7. The first-order chi connectivity index (χ1) is 15.5. The highest BCUT2D eigenvalue weighted by Crippen LogP contribution is 2.37. The van der Waals surface area contributed by atoms with Crippen molar-refractivity contribution < 1.29 is 14.3 Å². The normalized spacial score (nSPS) is 11.9. The van der Waals surface area contributed by atoms with Crippen LogP contribution in [-0.4, -0.2) is 30.3 Å². The fraction of sp³-hybridized carbons (Fsp3) is 0.200. The fourth-order valence-corrected chi connectivity index (χ4v) is 4.20. The monoisotopic (exact) mass is 431 g/mol. The molecule has 164 valence electrons. The Bertz CT molecular complexity index is 1310. The number of amides is 1. The molecular weight excluding hydrogens is 406 g/mol. The number of ether oxygens (including phenoxy) is 2. The van der Waals surface area contributed by atoms with Crippen LogP contribution < -0.4 is 20.8 Å². The van der Waals surface area contributed by atoms with E-state index in [9.17, 15) is 9.59 Å². The van der Waals surface area contributed by atoms with Crippen molar-refractivity contribution in [3.8, 4) is 11.5 Å². The lowest BCUT2D eigenvalue weighted by molar-refractivity contribution is -0.118. The van der Waals surface area contributed by atoms with Gasteiger partial charge in [0.25, 0.3) is 5.56 Å². The molecule has 4 aromatic rings. The second kappa shape index (κ2) is 9.01. The summed E-state index contributed by atoms with van der Waals surface area (Å²) in [7, 11) is 3.23. The van der Waals surface area contributed by atoms with Crippen molar-refractivity contribution in [3.63, 3.8) is 0 Å². The van der Waals surface area contributed by atoms with Gasteiger partial charge in [0, 0.05) is 35.4 Å². The summed E-state index contributed by atoms with van der Waals surface area (Å²) in [6.07, 6.45) is 0.494. The third-order valence-electron chi connectivity index (χ3n) is 5.70. The summed E-state index contributed by atoms with van der Waals surface area (Å²) in [5, 5.41) is 7.51. The smallest absolute Gasteiger partial charge is 0.267 e. The summed E-state index contributed by atoms with van der Waals surface area (Å²) in [5.41, 5.74) is 8.43. The predicted octanol–water partition coefficient (Wildman–Crippen LogP) is 3.47. The van der Waals surface area contributed by atoms with Crippen LogP contribution in [0.2, 0.25) is 0 Å². The molecule has 0 aliphatic heterocycles. The van der Waals surface area contributed by atoms with E-state index in [-0.39, 0.29) is 12.0 Å². The molecule has 1 amide bonds. The molecule has 32 heavy (non-hydrogen) atoms. The average molecular weight is 431 g/mol. The molecule has 0 bridgehead atoms. The first-order valence-corrected chi connectivity index (χ1v) is 10.3. The number of fused-ring (bicyclic) bond motifs is 1. The molecule has 1 heterocycles. The van der Waals surface area contributed by atoms with Crippen LogP contribution >= 0.6 is 0 Å². The maximum Gasteiger partial charge on any atom is 0.267 e. The molecule has 4 N–H and O–H groups in total. The van der Waals surface area contributed by atoms with Gasteiger partial charge in [0.15, 0.2) is 0 Å². The molecule has 0 fully saturated rings. The number of methoxy groups -OCH3 is 2. The summed E-state index contributed by atoms with van der Waals surface area (Å²) in [4.78, 5) is 25.0. The largest absolute Gasteiger partial charge is 0.497 e. The van der Waals surface area contributed by atoms with E-state index in [0.29, 0.717) is 17.7 Å². The molecule has 1 atom stereocenters. The highest BCUT2D eigenvalue weighted by atomic mass is 16.5. The van der Waals surface area contributed by atoms with Gasteiger partial charge in [0.05, 0.1) is 14.2 Å². The van der Waals surface area contributed by atoms with Gasteiger partial charge in [-0.3, -0.25) is 14.7 Å². The van der Waals surface area contributed by atoms with E-state index in [0.717, 1.165) is 33.4 Å². The minimum Gasteiger partial charge on any atom is -0.497 e. The van der Waals surface area contributed by atoms with E-state index in [1.807, 2.05) is 60.7 Å². The Morgan fingerprint density at radius 2 is 1.66 bits per heavy atom. The highest BCUT2D eigenvalue weighted by Gasteiger charge is 2.26. The van der Waals surface area contributed by atoms with E-state index in [2.05, 4.69) is 10.2 Å². The number of hydrogen-bond acceptors (Lipinski definition) is 4. The zero-order valence-electron chi connectivity index (χ0n) is 18.0. The number of primary amides is 1. The summed E-state index contributed by atoms with van der Waals surface area (Å²) in [5.74, 6) is 0.494. The van der Waals surface area contributed by atoms with Crippen LogP contribution in [0.1, 0.15) is 34.7 Å². The van der Waals surface area contributed by atoms with E-state index in [1.54, 1.807) is 14.2 Å². The van der Waals surface area contributed by atoms with Crippen molar-refractivity contribution in [2.75, 3.05) is 14.2 Å². The molecule has 4 rings (SSSR count). The molecule has 1 aromatic heterocycles. The maximum atomic E-state index is 12.9. The van der Waals surface area contributed by atoms with Crippen molar-refractivity contribution in [1.29, 1.82) is 0 Å². The van der Waals surface area contributed by atoms with Gasteiger partial charge in [-0.1, -0.05) is 42.5 Å². The van der Waals surface area contributed by atoms with Gasteiger partial charge < -0.3 is 20.3 Å². The van der Waals surface area contributed by atoms with Crippen molar-refractivity contribution in [1.82, 2.24) is 10.2 Å². The lowest BCUT2D eigenvalue weighted by Crippen LogP contribution is -2.21. The van der Waals surface area contributed by atoms with Gasteiger partial charge in [-0.15, -0.1) is 0 Å². The zero-order valence-corrected chi connectivity index (χ0v) is 18.0. The van der Waals surface area contributed by atoms with Crippen molar-refractivity contribution in [2.45, 2.75) is 18.8 Å². The van der Waals surface area contributed by atoms with Crippen LogP contribution in [0.4, 0.5) is 0 Å². The molecule has 7 nitrogen and oxygen atoms in total. The minimum atomic E-state index is -0.508. The Kier molecular flexibility index (Phi) is 5.98. The van der Waals surface area contributed by atoms with E-state index in [1.165, 1.54) is 0 Å². The van der Waals surface area contributed by atoms with Crippen molar-refractivity contribution in [3.05, 3.63) is 93.4 Å². The summed E-state index contributed by atoms with van der Waals surface area (Å²) in [6, 6.07) is 19.2. The first kappa shape index (κ1) is 21.2. The van der Waals surface area contributed by atoms with Crippen LogP contribution in [0.25, 0.3) is 10.8 Å². The topological polar surface area (TPSA) is 110 Å². The quantitative estimate of drug-likeness (QED) is 0.397. The molecule has 0 aliphatic carbocycles. The highest BCUT2D eigenvalue weighted by molar-refractivity contribution is 5.92. The number of nitrogens with two attached hydrogens (primary N) is 1. The van der Waals surface area contributed by atoms with Crippen molar-refractivity contribution in [2.24, 2.45) is 5.73 Å². The lowest BCUT2D eigenvalue weighted by Gasteiger charge is -2.19. The standard InChI is InChI=1S/C25H25N3O4/c1-31-16-9-7-15(8-10-16)13-21-24(25(30)28-27-21)20(14-23(26)29)18-11-12-22(32-2)19-6-4-3-5-17(18)19/h3-12,20H,13-14H2,1-2H3,(H2,26,29)(H2,27,28,30)/t20-/m0/s1. The van der Waals surface area contributed by atoms with Crippen LogP contribution in [0, 0.1) is 0 Å². The molecule has 0 saturated heterocycles. The van der Waals surface area contributed by atoms with Gasteiger partial charge in [-0.25, -0.2) is 0 Å². The van der Waals surface area contributed by atoms with Crippen LogP contribution in [0.3, 0.4) is 0 Å². The number of carbonyl (C=O) groups excluding carboxylic acids is 1. The minimum absolute atomic E-state index is 0.00681. The third-order valence-corrected chi connectivity index (χ3v) is 5.70. The lowest BCUT2D eigenvalue weighted by atomic mass is 9.84. The molecule has 0 aliphatic rings. The van der Waals surface area contributed by atoms with Gasteiger partial charge in [0.2, 0.25) is 5.91 Å². The summed E-state index contributed by atoms with van der Waals surface area (Å²) >= 11 is 0. The molecule has 3 aromatic carbocycles. The Morgan fingerprint density at radius 3 is 2.31 bits per heavy atom. The summed E-state index contributed by atoms with van der Waals surface area (Å²) in [6.45, 7) is 0. The Labute approximate surface area is 185 Å². The Hall–Kier alpha value is -4.00. The van der Waals surface area contributed by atoms with Crippen LogP contribution in [-0.2, 0) is 11.2 Å². The maximum absolute atomic E-state index is 12.9. The second-order valence-electron chi connectivity index (χ2n) is 7.62. The van der Waals surface area contributed by atoms with Gasteiger partial charge in [-0.05, 0) is 34.7 Å². The number of benzene rings is 3. The third kappa shape index (κ3) is 4.09. The number of H-pyrrole nitrogens is 2. The van der Waals surface area contributed by atoms with Gasteiger partial charge >= 0.3 is 0 Å². The number of rotatable bonds is 8. The van der Waals surface area contributed by atoms with Crippen LogP contribution in [0.5, 0.6) is 11.5 Å². The van der Waals surface area contributed by atoms with E-state index >= 15 is 0 Å². The molecule has 0 saturated carbocycles. The number of hydrogen-bond donors (Lipinski definition) is 3. The number of carbonyl (C=O) groups is 1. The number of nitrogens with one attached hydrogen (secondary N) is 2. The van der Waals surface area contributed by atoms with Crippen LogP contribution in [0.15, 0.2) is 65.5 Å². The predicted molar refractivity (Wildman–Crippen MR) is 123 cm³/mol. The van der Waals surface area contributed by atoms with Crippen molar-refractivity contribution >= 4 is 16.7 Å². The fourth-order valence-electron chi connectivity index (χ4n) is 4.20.